The van der Waals surface area contributed by atoms with Crippen LogP contribution in [0.15, 0.2) is 34.7 Å². The molecule has 0 bridgehead atoms. The molecule has 0 spiro atoms. The molecule has 29 heavy (non-hydrogen) atoms. The first kappa shape index (κ1) is 25.5. The largest absolute Gasteiger partial charge is 0.449 e. The number of carbonyl (C=O) groups excluding carboxylic acids is 1. The Hall–Kier alpha value is -1.53. The smallest absolute Gasteiger partial charge is 0.193 e. The number of carbonyl (C=O) groups is 1. The van der Waals surface area contributed by atoms with Gasteiger partial charge in [-0.15, -0.1) is 0 Å². The zero-order chi connectivity index (χ0) is 22.4. The molecule has 2 atom stereocenters. The number of rotatable bonds is 11. The normalized spacial score (nSPS) is 15.3. The minimum absolute atomic E-state index is 0.0139. The minimum Gasteiger partial charge on any atom is -0.449 e. The van der Waals surface area contributed by atoms with E-state index in [-0.39, 0.29) is 16.7 Å². The van der Waals surface area contributed by atoms with E-state index in [4.69, 9.17) is 8.84 Å². The summed E-state index contributed by atoms with van der Waals surface area (Å²) >= 11 is 0. The minimum atomic E-state index is -2.07. The quantitative estimate of drug-likeness (QED) is 0.215. The number of allylic oxidation sites excluding steroid dienone is 1. The molecule has 0 aliphatic heterocycles. The van der Waals surface area contributed by atoms with Gasteiger partial charge in [0.1, 0.15) is 17.8 Å². The van der Waals surface area contributed by atoms with Crippen molar-refractivity contribution in [3.05, 3.63) is 41.9 Å². The van der Waals surface area contributed by atoms with Crippen LogP contribution in [0.5, 0.6) is 0 Å². The second-order valence-electron chi connectivity index (χ2n) is 9.51. The molecular weight excluding hydrogens is 385 g/mol. The molecule has 0 aliphatic rings. The van der Waals surface area contributed by atoms with Crippen LogP contribution >= 0.6 is 0 Å². The van der Waals surface area contributed by atoms with Crippen molar-refractivity contribution in [2.75, 3.05) is 0 Å². The maximum absolute atomic E-state index is 14.0. The molecule has 1 aromatic rings. The summed E-state index contributed by atoms with van der Waals surface area (Å²) in [6.07, 6.45) is 5.87. The molecule has 0 amide bonds. The van der Waals surface area contributed by atoms with E-state index in [1.54, 1.807) is 6.92 Å². The molecule has 0 aliphatic carbocycles. The van der Waals surface area contributed by atoms with Gasteiger partial charge in [0.2, 0.25) is 0 Å². The van der Waals surface area contributed by atoms with E-state index in [1.807, 2.05) is 19.9 Å². The molecule has 0 radical (unpaired) electrons. The Morgan fingerprint density at radius 3 is 2.52 bits per heavy atom. The molecule has 1 rings (SSSR count). The number of ketones is 1. The summed E-state index contributed by atoms with van der Waals surface area (Å²) in [5.41, 5.74) is 1.57. The van der Waals surface area contributed by atoms with Gasteiger partial charge in [0.25, 0.3) is 0 Å². The third-order valence-electron chi connectivity index (χ3n) is 5.80. The molecule has 0 saturated heterocycles. The third kappa shape index (κ3) is 8.01. The predicted molar refractivity (Wildman–Crippen MR) is 119 cm³/mol. The van der Waals surface area contributed by atoms with Crippen LogP contribution in [0.4, 0.5) is 4.39 Å². The van der Waals surface area contributed by atoms with Crippen LogP contribution in [-0.4, -0.2) is 25.2 Å². The average molecular weight is 424 g/mol. The summed E-state index contributed by atoms with van der Waals surface area (Å²) in [6.45, 7) is 19.8. The molecule has 4 nitrogen and oxygen atoms in total. The van der Waals surface area contributed by atoms with Gasteiger partial charge in [-0.2, -0.15) is 0 Å². The Bertz CT molecular complexity index is 731. The van der Waals surface area contributed by atoms with Gasteiger partial charge in [-0.25, -0.2) is 9.37 Å². The molecule has 0 saturated carbocycles. The maximum atomic E-state index is 14.0. The summed E-state index contributed by atoms with van der Waals surface area (Å²) in [4.78, 5) is 16.4. The van der Waals surface area contributed by atoms with Gasteiger partial charge in [-0.1, -0.05) is 45.9 Å². The number of hydrogen-bond donors (Lipinski definition) is 0. The first-order valence-corrected chi connectivity index (χ1v) is 13.3. The van der Waals surface area contributed by atoms with Crippen LogP contribution in [0.25, 0.3) is 0 Å². The SMILES string of the molecule is C=C(F)[C@H](CC=C(C)CCC[C@H](C)C(=O)c1coc(C)n1)O[Si](C)(C)C(C)(C)C. The van der Waals surface area contributed by atoms with E-state index in [9.17, 15) is 9.18 Å². The van der Waals surface area contributed by atoms with Gasteiger partial charge in [0, 0.05) is 12.8 Å². The van der Waals surface area contributed by atoms with Crippen molar-refractivity contribution in [3.63, 3.8) is 0 Å². The van der Waals surface area contributed by atoms with Crippen molar-refractivity contribution < 1.29 is 18.0 Å². The molecule has 1 heterocycles. The lowest BCUT2D eigenvalue weighted by molar-refractivity contribution is 0.0917. The lowest BCUT2D eigenvalue weighted by Crippen LogP contribution is -2.44. The highest BCUT2D eigenvalue weighted by Crippen LogP contribution is 2.38. The van der Waals surface area contributed by atoms with Crippen LogP contribution in [-0.2, 0) is 4.43 Å². The second-order valence-corrected chi connectivity index (χ2v) is 14.3. The lowest BCUT2D eigenvalue weighted by atomic mass is 9.96. The monoisotopic (exact) mass is 423 g/mol. The van der Waals surface area contributed by atoms with Gasteiger partial charge >= 0.3 is 0 Å². The van der Waals surface area contributed by atoms with E-state index in [0.717, 1.165) is 19.3 Å². The molecule has 0 aromatic carbocycles. The molecule has 0 fully saturated rings. The van der Waals surface area contributed by atoms with Crippen molar-refractivity contribution in [2.24, 2.45) is 5.92 Å². The number of aromatic nitrogens is 1. The Balaban J connectivity index is 2.54. The summed E-state index contributed by atoms with van der Waals surface area (Å²) in [5, 5.41) is 0.0184. The van der Waals surface area contributed by atoms with Gasteiger partial charge in [0.15, 0.2) is 20.0 Å². The van der Waals surface area contributed by atoms with Crippen molar-refractivity contribution in [3.8, 4) is 0 Å². The molecule has 6 heteroatoms. The van der Waals surface area contributed by atoms with Gasteiger partial charge in [-0.3, -0.25) is 4.79 Å². The Morgan fingerprint density at radius 2 is 2.03 bits per heavy atom. The zero-order valence-electron chi connectivity index (χ0n) is 19.4. The molecule has 1 aromatic heterocycles. The van der Waals surface area contributed by atoms with Gasteiger partial charge < -0.3 is 8.84 Å². The summed E-state index contributed by atoms with van der Waals surface area (Å²) in [5.74, 6) is -0.00289. The number of hydrogen-bond acceptors (Lipinski definition) is 4. The van der Waals surface area contributed by atoms with E-state index in [0.29, 0.717) is 18.0 Å². The first-order chi connectivity index (χ1) is 13.2. The molecule has 0 unspecified atom stereocenters. The fourth-order valence-electron chi connectivity index (χ4n) is 2.73. The molecule has 0 N–H and O–H groups in total. The van der Waals surface area contributed by atoms with Crippen LogP contribution in [0.3, 0.4) is 0 Å². The Kier molecular flexibility index (Phi) is 9.22. The number of Topliss-reactive ketones (excluding diaryl/α,β-unsaturated/α-hetero) is 1. The number of nitrogens with zero attached hydrogens (tertiary/aromatic N) is 1. The standard InChI is InChI=1S/C23H38FNO3Si/c1-16(11-10-12-17(2)22(26)20-15-27-19(4)25-20)13-14-21(18(3)24)28-29(8,9)23(5,6)7/h13,15,17,21H,3,10-12,14H2,1-2,4-9H3/t17-,21-/m0/s1. The van der Waals surface area contributed by atoms with E-state index in [1.165, 1.54) is 11.8 Å². The topological polar surface area (TPSA) is 52.3 Å². The van der Waals surface area contributed by atoms with Crippen molar-refractivity contribution in [1.29, 1.82) is 0 Å². The van der Waals surface area contributed by atoms with Crippen LogP contribution in [0, 0.1) is 12.8 Å². The van der Waals surface area contributed by atoms with Crippen molar-refractivity contribution in [1.82, 2.24) is 4.98 Å². The maximum Gasteiger partial charge on any atom is 0.193 e. The van der Waals surface area contributed by atoms with Crippen LogP contribution in [0.2, 0.25) is 18.1 Å². The summed E-state index contributed by atoms with van der Waals surface area (Å²) < 4.78 is 25.3. The summed E-state index contributed by atoms with van der Waals surface area (Å²) in [7, 11) is -2.07. The van der Waals surface area contributed by atoms with Gasteiger partial charge in [-0.05, 0) is 50.7 Å². The zero-order valence-corrected chi connectivity index (χ0v) is 20.4. The highest BCUT2D eigenvalue weighted by Gasteiger charge is 2.39. The summed E-state index contributed by atoms with van der Waals surface area (Å²) in [6, 6.07) is 0. The van der Waals surface area contributed by atoms with Gasteiger partial charge in [0.05, 0.1) is 6.10 Å². The molecular formula is C23H38FNO3Si. The van der Waals surface area contributed by atoms with E-state index < -0.39 is 20.2 Å². The predicted octanol–water partition coefficient (Wildman–Crippen LogP) is 7.18. The Morgan fingerprint density at radius 1 is 1.41 bits per heavy atom. The third-order valence-corrected chi connectivity index (χ3v) is 10.3. The van der Waals surface area contributed by atoms with Crippen molar-refractivity contribution >= 4 is 14.1 Å². The first-order valence-electron chi connectivity index (χ1n) is 10.4. The van der Waals surface area contributed by atoms with E-state index in [2.05, 4.69) is 45.4 Å². The van der Waals surface area contributed by atoms with Crippen LogP contribution in [0.1, 0.15) is 76.7 Å². The molecule has 164 valence electrons. The van der Waals surface area contributed by atoms with Crippen LogP contribution < -0.4 is 0 Å². The second kappa shape index (κ2) is 10.5. The number of oxazole rings is 1. The highest BCUT2D eigenvalue weighted by molar-refractivity contribution is 6.74. The highest BCUT2D eigenvalue weighted by atomic mass is 28.4. The lowest BCUT2D eigenvalue weighted by Gasteiger charge is -2.38. The number of aryl methyl sites for hydroxylation is 1. The average Bonchev–Trinajstić information content (AvgIpc) is 3.02. The number of halogens is 1. The Labute approximate surface area is 176 Å². The fraction of sp³-hybridized carbons (Fsp3) is 0.652. The van der Waals surface area contributed by atoms with E-state index >= 15 is 0 Å². The fourth-order valence-corrected chi connectivity index (χ4v) is 4.02. The van der Waals surface area contributed by atoms with Crippen molar-refractivity contribution in [2.45, 2.75) is 91.5 Å².